The molecule has 0 fully saturated rings. The van der Waals surface area contributed by atoms with Crippen molar-refractivity contribution in [1.82, 2.24) is 0 Å². The maximum absolute atomic E-state index is 5.83. The second-order valence-corrected chi connectivity index (χ2v) is 4.67. The monoisotopic (exact) mass is 196 g/mol. The van der Waals surface area contributed by atoms with E-state index in [0.717, 1.165) is 25.9 Å². The van der Waals surface area contributed by atoms with Crippen LogP contribution in [-0.2, 0) is 4.74 Å². The van der Waals surface area contributed by atoms with Crippen molar-refractivity contribution < 1.29 is 4.74 Å². The normalized spacial score (nSPS) is 13.6. The van der Waals surface area contributed by atoms with Crippen molar-refractivity contribution in [3.05, 3.63) is 25.3 Å². The van der Waals surface area contributed by atoms with Gasteiger partial charge in [0.1, 0.15) is 0 Å². The number of allylic oxidation sites excluding steroid dienone is 1. The Bertz CT molecular complexity index is 165. The molecular formula is C13H24O. The van der Waals surface area contributed by atoms with Crippen LogP contribution in [0.15, 0.2) is 25.3 Å². The Morgan fingerprint density at radius 1 is 1.14 bits per heavy atom. The van der Waals surface area contributed by atoms with Crippen LogP contribution in [0.5, 0.6) is 0 Å². The van der Waals surface area contributed by atoms with Gasteiger partial charge in [-0.1, -0.05) is 32.9 Å². The van der Waals surface area contributed by atoms with Gasteiger partial charge >= 0.3 is 0 Å². The van der Waals surface area contributed by atoms with E-state index in [-0.39, 0.29) is 5.41 Å². The SMILES string of the molecule is C=CCCOC(CCC=C)C(C)(C)C. The Balaban J connectivity index is 3.97. The average molecular weight is 196 g/mol. The second-order valence-electron chi connectivity index (χ2n) is 4.67. The summed E-state index contributed by atoms with van der Waals surface area (Å²) in [4.78, 5) is 0. The van der Waals surface area contributed by atoms with Gasteiger partial charge in [-0.25, -0.2) is 0 Å². The van der Waals surface area contributed by atoms with Gasteiger partial charge in [0.15, 0.2) is 0 Å². The van der Waals surface area contributed by atoms with E-state index in [2.05, 4.69) is 33.9 Å². The topological polar surface area (TPSA) is 9.23 Å². The van der Waals surface area contributed by atoms with Gasteiger partial charge in [-0.3, -0.25) is 0 Å². The summed E-state index contributed by atoms with van der Waals surface area (Å²) in [5.41, 5.74) is 0.212. The van der Waals surface area contributed by atoms with E-state index in [4.69, 9.17) is 4.74 Å². The molecule has 0 aromatic heterocycles. The maximum Gasteiger partial charge on any atom is 0.0626 e. The molecule has 0 aromatic carbocycles. The van der Waals surface area contributed by atoms with Crippen molar-refractivity contribution in [1.29, 1.82) is 0 Å². The molecule has 0 aliphatic heterocycles. The first-order valence-electron chi connectivity index (χ1n) is 5.35. The first-order chi connectivity index (χ1) is 6.52. The highest BCUT2D eigenvalue weighted by Gasteiger charge is 2.24. The van der Waals surface area contributed by atoms with E-state index in [1.807, 2.05) is 12.2 Å². The Morgan fingerprint density at radius 2 is 1.71 bits per heavy atom. The van der Waals surface area contributed by atoms with Gasteiger partial charge < -0.3 is 4.74 Å². The molecule has 0 aliphatic rings. The fraction of sp³-hybridized carbons (Fsp3) is 0.692. The molecule has 0 saturated heterocycles. The van der Waals surface area contributed by atoms with Gasteiger partial charge in [-0.15, -0.1) is 13.2 Å². The van der Waals surface area contributed by atoms with Crippen LogP contribution < -0.4 is 0 Å². The van der Waals surface area contributed by atoms with E-state index in [1.54, 1.807) is 0 Å². The van der Waals surface area contributed by atoms with Gasteiger partial charge in [-0.05, 0) is 24.7 Å². The smallest absolute Gasteiger partial charge is 0.0626 e. The highest BCUT2D eigenvalue weighted by molar-refractivity contribution is 4.79. The van der Waals surface area contributed by atoms with E-state index < -0.39 is 0 Å². The molecule has 14 heavy (non-hydrogen) atoms. The van der Waals surface area contributed by atoms with Gasteiger partial charge in [0.25, 0.3) is 0 Å². The van der Waals surface area contributed by atoms with Crippen molar-refractivity contribution in [2.75, 3.05) is 6.61 Å². The lowest BCUT2D eigenvalue weighted by Gasteiger charge is -2.30. The van der Waals surface area contributed by atoms with Crippen molar-refractivity contribution in [2.45, 2.75) is 46.1 Å². The second kappa shape index (κ2) is 6.83. The predicted molar refractivity (Wildman–Crippen MR) is 63.4 cm³/mol. The molecule has 0 spiro atoms. The van der Waals surface area contributed by atoms with E-state index in [1.165, 1.54) is 0 Å². The zero-order valence-electron chi connectivity index (χ0n) is 9.88. The fourth-order valence-electron chi connectivity index (χ4n) is 1.33. The molecule has 1 heteroatoms. The van der Waals surface area contributed by atoms with Crippen molar-refractivity contribution in [3.8, 4) is 0 Å². The number of hydrogen-bond donors (Lipinski definition) is 0. The van der Waals surface area contributed by atoms with Gasteiger partial charge in [0.2, 0.25) is 0 Å². The third-order valence-electron chi connectivity index (χ3n) is 2.24. The molecule has 0 amide bonds. The molecular weight excluding hydrogens is 172 g/mol. The van der Waals surface area contributed by atoms with Crippen LogP contribution in [0.25, 0.3) is 0 Å². The number of ether oxygens (including phenoxy) is 1. The van der Waals surface area contributed by atoms with Crippen molar-refractivity contribution in [3.63, 3.8) is 0 Å². The standard InChI is InChI=1S/C13H24O/c1-6-8-10-12(13(3,4)5)14-11-9-7-2/h6-7,12H,1-2,8-11H2,3-5H3. The summed E-state index contributed by atoms with van der Waals surface area (Å²) < 4.78 is 5.83. The molecule has 0 radical (unpaired) electrons. The number of rotatable bonds is 7. The van der Waals surface area contributed by atoms with E-state index in [9.17, 15) is 0 Å². The van der Waals surface area contributed by atoms with Crippen LogP contribution in [0, 0.1) is 5.41 Å². The largest absolute Gasteiger partial charge is 0.377 e. The molecule has 82 valence electrons. The van der Waals surface area contributed by atoms with Crippen molar-refractivity contribution in [2.24, 2.45) is 5.41 Å². The Kier molecular flexibility index (Phi) is 6.56. The summed E-state index contributed by atoms with van der Waals surface area (Å²) in [5, 5.41) is 0. The summed E-state index contributed by atoms with van der Waals surface area (Å²) >= 11 is 0. The van der Waals surface area contributed by atoms with Crippen LogP contribution in [0.2, 0.25) is 0 Å². The quantitative estimate of drug-likeness (QED) is 0.442. The lowest BCUT2D eigenvalue weighted by Crippen LogP contribution is -2.29. The zero-order valence-corrected chi connectivity index (χ0v) is 9.88. The maximum atomic E-state index is 5.83. The molecule has 0 bridgehead atoms. The molecule has 0 rings (SSSR count). The molecule has 1 unspecified atom stereocenters. The summed E-state index contributed by atoms with van der Waals surface area (Å²) in [5.74, 6) is 0. The predicted octanol–water partition coefficient (Wildman–Crippen LogP) is 3.96. The molecule has 0 aliphatic carbocycles. The summed E-state index contributed by atoms with van der Waals surface area (Å²) in [6.45, 7) is 14.9. The van der Waals surface area contributed by atoms with Crippen LogP contribution in [0.4, 0.5) is 0 Å². The van der Waals surface area contributed by atoms with E-state index in [0.29, 0.717) is 6.10 Å². The highest BCUT2D eigenvalue weighted by atomic mass is 16.5. The summed E-state index contributed by atoms with van der Waals surface area (Å²) in [6, 6.07) is 0. The lowest BCUT2D eigenvalue weighted by molar-refractivity contribution is -0.0199. The van der Waals surface area contributed by atoms with Crippen molar-refractivity contribution >= 4 is 0 Å². The molecule has 0 aromatic rings. The summed E-state index contributed by atoms with van der Waals surface area (Å²) in [6.07, 6.45) is 7.18. The summed E-state index contributed by atoms with van der Waals surface area (Å²) in [7, 11) is 0. The average Bonchev–Trinajstić information content (AvgIpc) is 2.09. The highest BCUT2D eigenvalue weighted by Crippen LogP contribution is 2.26. The number of hydrogen-bond acceptors (Lipinski definition) is 1. The van der Waals surface area contributed by atoms with Crippen LogP contribution in [0.3, 0.4) is 0 Å². The first-order valence-corrected chi connectivity index (χ1v) is 5.35. The van der Waals surface area contributed by atoms with Gasteiger partial charge in [-0.2, -0.15) is 0 Å². The molecule has 0 N–H and O–H groups in total. The van der Waals surface area contributed by atoms with Crippen LogP contribution in [-0.4, -0.2) is 12.7 Å². The molecule has 0 saturated carbocycles. The van der Waals surface area contributed by atoms with Gasteiger partial charge in [0.05, 0.1) is 12.7 Å². The lowest BCUT2D eigenvalue weighted by atomic mass is 9.86. The zero-order chi connectivity index (χ0) is 11.0. The molecule has 1 atom stereocenters. The minimum atomic E-state index is 0.212. The van der Waals surface area contributed by atoms with E-state index >= 15 is 0 Å². The minimum Gasteiger partial charge on any atom is -0.377 e. The van der Waals surface area contributed by atoms with Crippen LogP contribution in [0.1, 0.15) is 40.0 Å². The molecule has 0 heterocycles. The fourth-order valence-corrected chi connectivity index (χ4v) is 1.33. The first kappa shape index (κ1) is 13.4. The Hall–Kier alpha value is -0.560. The minimum absolute atomic E-state index is 0.212. The molecule has 1 nitrogen and oxygen atoms in total. The third kappa shape index (κ3) is 5.98. The van der Waals surface area contributed by atoms with Crippen LogP contribution >= 0.6 is 0 Å². The Morgan fingerprint density at radius 3 is 2.14 bits per heavy atom. The third-order valence-corrected chi connectivity index (χ3v) is 2.24. The van der Waals surface area contributed by atoms with Gasteiger partial charge in [0, 0.05) is 0 Å². The Labute approximate surface area is 88.9 Å².